The predicted octanol–water partition coefficient (Wildman–Crippen LogP) is 1.48. The molecule has 1 aliphatic rings. The first-order valence-electron chi connectivity index (χ1n) is 5.14. The zero-order valence-corrected chi connectivity index (χ0v) is 8.99. The molecule has 1 saturated carbocycles. The van der Waals surface area contributed by atoms with Crippen LogP contribution in [-0.2, 0) is 0 Å². The molecule has 1 N–H and O–H groups in total. The normalized spacial score (nSPS) is 15.7. The van der Waals surface area contributed by atoms with Crippen LogP contribution in [-0.4, -0.2) is 20.9 Å². The van der Waals surface area contributed by atoms with Crippen LogP contribution in [0.3, 0.4) is 0 Å². The molecule has 0 spiro atoms. The second-order valence-electron chi connectivity index (χ2n) is 4.43. The summed E-state index contributed by atoms with van der Waals surface area (Å²) in [4.78, 5) is 0. The molecule has 0 aromatic carbocycles. The third-order valence-corrected chi connectivity index (χ3v) is 2.18. The fourth-order valence-electron chi connectivity index (χ4n) is 1.22. The topological polar surface area (TPSA) is 46.0 Å². The fraction of sp³-hybridized carbons (Fsp3) is 0.500. The molecule has 1 fully saturated rings. The van der Waals surface area contributed by atoms with Gasteiger partial charge in [0.1, 0.15) is 11.3 Å². The highest BCUT2D eigenvalue weighted by atomic mass is 16.3. The lowest BCUT2D eigenvalue weighted by molar-refractivity contribution is 0.143. The summed E-state index contributed by atoms with van der Waals surface area (Å²) in [7, 11) is 0. The second-order valence-corrected chi connectivity index (χ2v) is 4.43. The first kappa shape index (κ1) is 10.1. The molecule has 0 atom stereocenters. The third kappa shape index (κ3) is 3.03. The molecule has 78 valence electrons. The first-order chi connectivity index (χ1) is 7.04. The van der Waals surface area contributed by atoms with Crippen LogP contribution in [0.25, 0.3) is 0 Å². The molecule has 3 nitrogen and oxygen atoms in total. The van der Waals surface area contributed by atoms with E-state index in [1.807, 2.05) is 12.1 Å². The minimum Gasteiger partial charge on any atom is -0.378 e. The lowest BCUT2D eigenvalue weighted by atomic mass is 10.1. The molecule has 0 unspecified atom stereocenters. The van der Waals surface area contributed by atoms with Crippen molar-refractivity contribution in [3.63, 3.8) is 0 Å². The van der Waals surface area contributed by atoms with Crippen molar-refractivity contribution in [2.75, 3.05) is 0 Å². The van der Waals surface area contributed by atoms with Gasteiger partial charge in [-0.25, -0.2) is 0 Å². The van der Waals surface area contributed by atoms with Gasteiger partial charge in [-0.1, -0.05) is 5.92 Å². The van der Waals surface area contributed by atoms with Gasteiger partial charge < -0.3 is 5.11 Å². The van der Waals surface area contributed by atoms with Gasteiger partial charge in [0.05, 0.1) is 5.69 Å². The van der Waals surface area contributed by atoms with E-state index in [1.54, 1.807) is 13.8 Å². The summed E-state index contributed by atoms with van der Waals surface area (Å²) in [6, 6.07) is 3.83. The average Bonchev–Trinajstić information content (AvgIpc) is 2.98. The van der Waals surface area contributed by atoms with Gasteiger partial charge in [-0.3, -0.25) is 0 Å². The molecule has 1 heterocycles. The molecule has 0 bridgehead atoms. The Kier molecular flexibility index (Phi) is 2.45. The number of rotatable bonds is 1. The maximum Gasteiger partial charge on any atom is 0.136 e. The molecule has 1 aromatic rings. The molecule has 0 amide bonds. The highest BCUT2D eigenvalue weighted by molar-refractivity contribution is 5.30. The predicted molar refractivity (Wildman–Crippen MR) is 57.2 cm³/mol. The number of hydrogen-bond donors (Lipinski definition) is 1. The number of aromatic nitrogens is 2. The minimum atomic E-state index is -0.975. The van der Waals surface area contributed by atoms with Gasteiger partial charge in [0, 0.05) is 5.92 Å². The zero-order chi connectivity index (χ0) is 10.9. The molecule has 15 heavy (non-hydrogen) atoms. The van der Waals surface area contributed by atoms with E-state index in [-0.39, 0.29) is 0 Å². The van der Waals surface area contributed by atoms with Crippen LogP contribution in [0.2, 0.25) is 0 Å². The van der Waals surface area contributed by atoms with E-state index in [1.165, 1.54) is 12.8 Å². The molecule has 0 saturated heterocycles. The maximum atomic E-state index is 9.41. The van der Waals surface area contributed by atoms with Gasteiger partial charge in [-0.15, -0.1) is 5.10 Å². The van der Waals surface area contributed by atoms with Gasteiger partial charge in [0.25, 0.3) is 0 Å². The molecular formula is C12H14N2O. The van der Waals surface area contributed by atoms with Crippen molar-refractivity contribution in [2.45, 2.75) is 38.2 Å². The van der Waals surface area contributed by atoms with E-state index in [9.17, 15) is 5.11 Å². The van der Waals surface area contributed by atoms with Gasteiger partial charge in [0.2, 0.25) is 0 Å². The van der Waals surface area contributed by atoms with Crippen molar-refractivity contribution in [3.05, 3.63) is 23.5 Å². The largest absolute Gasteiger partial charge is 0.378 e. The Morgan fingerprint density at radius 1 is 1.33 bits per heavy atom. The Morgan fingerprint density at radius 3 is 2.53 bits per heavy atom. The minimum absolute atomic E-state index is 0.613. The van der Waals surface area contributed by atoms with Gasteiger partial charge in [-0.2, -0.15) is 5.10 Å². The Morgan fingerprint density at radius 2 is 2.07 bits per heavy atom. The molecule has 1 aliphatic carbocycles. The molecule has 2 rings (SSSR count). The highest BCUT2D eigenvalue weighted by Crippen LogP contribution is 2.38. The van der Waals surface area contributed by atoms with Crippen molar-refractivity contribution in [1.82, 2.24) is 10.2 Å². The van der Waals surface area contributed by atoms with E-state index >= 15 is 0 Å². The van der Waals surface area contributed by atoms with Crippen molar-refractivity contribution >= 4 is 0 Å². The van der Waals surface area contributed by atoms with Crippen LogP contribution in [0.15, 0.2) is 12.1 Å². The molecule has 0 aliphatic heterocycles. The van der Waals surface area contributed by atoms with Crippen molar-refractivity contribution in [1.29, 1.82) is 0 Å². The number of hydrogen-bond acceptors (Lipinski definition) is 3. The third-order valence-electron chi connectivity index (χ3n) is 2.18. The summed E-state index contributed by atoms with van der Waals surface area (Å²) in [6.45, 7) is 3.29. The summed E-state index contributed by atoms with van der Waals surface area (Å²) in [6.07, 6.45) is 2.45. The Bertz CT molecular complexity index is 402. The van der Waals surface area contributed by atoms with Crippen LogP contribution in [0.5, 0.6) is 0 Å². The molecule has 0 radical (unpaired) electrons. The van der Waals surface area contributed by atoms with Crippen LogP contribution in [0, 0.1) is 11.8 Å². The summed E-state index contributed by atoms with van der Waals surface area (Å²) in [5.41, 5.74) is 0.696. The SMILES string of the molecule is CC(C)(O)C#Cc1ccc(C2CC2)nn1. The molecular weight excluding hydrogens is 188 g/mol. The standard InChI is InChI=1S/C12H14N2O/c1-12(2,15)8-7-10-5-6-11(14-13-10)9-3-4-9/h5-6,9,15H,3-4H2,1-2H3. The average molecular weight is 202 g/mol. The van der Waals surface area contributed by atoms with E-state index in [0.717, 1.165) is 5.69 Å². The number of aliphatic hydroxyl groups is 1. The van der Waals surface area contributed by atoms with E-state index in [4.69, 9.17) is 0 Å². The summed E-state index contributed by atoms with van der Waals surface area (Å²) in [5, 5.41) is 17.5. The Hall–Kier alpha value is -1.40. The first-order valence-corrected chi connectivity index (χ1v) is 5.14. The summed E-state index contributed by atoms with van der Waals surface area (Å²) >= 11 is 0. The zero-order valence-electron chi connectivity index (χ0n) is 8.99. The smallest absolute Gasteiger partial charge is 0.136 e. The van der Waals surface area contributed by atoms with Crippen LogP contribution in [0.4, 0.5) is 0 Å². The lowest BCUT2D eigenvalue weighted by Crippen LogP contribution is -2.14. The van der Waals surface area contributed by atoms with Gasteiger partial charge in [-0.05, 0) is 44.7 Å². The quantitative estimate of drug-likeness (QED) is 0.701. The summed E-state index contributed by atoms with van der Waals surface area (Å²) < 4.78 is 0. The Labute approximate surface area is 89.5 Å². The fourth-order valence-corrected chi connectivity index (χ4v) is 1.22. The van der Waals surface area contributed by atoms with E-state index in [2.05, 4.69) is 22.0 Å². The van der Waals surface area contributed by atoms with Gasteiger partial charge >= 0.3 is 0 Å². The number of nitrogens with zero attached hydrogens (tertiary/aromatic N) is 2. The van der Waals surface area contributed by atoms with Crippen molar-refractivity contribution < 1.29 is 5.11 Å². The monoisotopic (exact) mass is 202 g/mol. The van der Waals surface area contributed by atoms with Crippen LogP contribution < -0.4 is 0 Å². The lowest BCUT2D eigenvalue weighted by Gasteiger charge is -2.05. The van der Waals surface area contributed by atoms with Gasteiger partial charge in [0.15, 0.2) is 0 Å². The van der Waals surface area contributed by atoms with Crippen LogP contribution in [0.1, 0.15) is 44.0 Å². The molecule has 1 aromatic heterocycles. The van der Waals surface area contributed by atoms with Crippen molar-refractivity contribution in [2.24, 2.45) is 0 Å². The van der Waals surface area contributed by atoms with Crippen molar-refractivity contribution in [3.8, 4) is 11.8 Å². The van der Waals surface area contributed by atoms with E-state index in [0.29, 0.717) is 11.6 Å². The second kappa shape index (κ2) is 3.63. The van der Waals surface area contributed by atoms with Crippen LogP contribution >= 0.6 is 0 Å². The van der Waals surface area contributed by atoms with E-state index < -0.39 is 5.60 Å². The molecule has 3 heteroatoms. The maximum absolute atomic E-state index is 9.41. The summed E-state index contributed by atoms with van der Waals surface area (Å²) in [5.74, 6) is 6.12. The Balaban J connectivity index is 2.12. The highest BCUT2D eigenvalue weighted by Gasteiger charge is 2.24.